The van der Waals surface area contributed by atoms with E-state index in [4.69, 9.17) is 0 Å². The van der Waals surface area contributed by atoms with Gasteiger partial charge < -0.3 is 25.8 Å². The van der Waals surface area contributed by atoms with E-state index >= 15 is 0 Å². The lowest BCUT2D eigenvalue weighted by atomic mass is 9.87. The predicted molar refractivity (Wildman–Crippen MR) is 158 cm³/mol. The molecule has 1 aliphatic heterocycles. The third-order valence-electron chi connectivity index (χ3n) is 7.80. The van der Waals surface area contributed by atoms with Gasteiger partial charge >= 0.3 is 0 Å². The molecule has 3 amide bonds. The molecule has 0 bridgehead atoms. The average molecular weight is 540 g/mol. The number of nitrogens with zero attached hydrogens (tertiary/aromatic N) is 1. The molecule has 40 heavy (non-hydrogen) atoms. The van der Waals surface area contributed by atoms with Crippen molar-refractivity contribution in [3.63, 3.8) is 0 Å². The van der Waals surface area contributed by atoms with Gasteiger partial charge in [0.1, 0.15) is 5.54 Å². The molecule has 8 heteroatoms. The summed E-state index contributed by atoms with van der Waals surface area (Å²) in [5.41, 5.74) is 2.29. The summed E-state index contributed by atoms with van der Waals surface area (Å²) in [6.45, 7) is 4.52. The number of piperidine rings is 1. The van der Waals surface area contributed by atoms with Crippen LogP contribution < -0.4 is 21.3 Å². The van der Waals surface area contributed by atoms with Gasteiger partial charge in [-0.3, -0.25) is 14.4 Å². The van der Waals surface area contributed by atoms with Gasteiger partial charge in [0, 0.05) is 43.2 Å². The van der Waals surface area contributed by atoms with Crippen LogP contribution in [-0.2, 0) is 27.3 Å². The maximum absolute atomic E-state index is 13.3. The molecule has 8 nitrogen and oxygen atoms in total. The minimum Gasteiger partial charge on any atom is -0.354 e. The second kappa shape index (κ2) is 12.3. The first kappa shape index (κ1) is 27.4. The van der Waals surface area contributed by atoms with E-state index in [1.54, 1.807) is 0 Å². The van der Waals surface area contributed by atoms with Crippen LogP contribution in [0.15, 0.2) is 72.9 Å². The predicted octanol–water partition coefficient (Wildman–Crippen LogP) is 3.21. The van der Waals surface area contributed by atoms with Crippen LogP contribution in [0, 0.1) is 6.92 Å². The summed E-state index contributed by atoms with van der Waals surface area (Å²) in [6.07, 6.45) is 3.66. The molecule has 4 aromatic rings. The molecule has 0 aliphatic carbocycles. The zero-order valence-corrected chi connectivity index (χ0v) is 23.0. The van der Waals surface area contributed by atoms with E-state index < -0.39 is 5.54 Å². The molecule has 1 saturated heterocycles. The fraction of sp³-hybridized carbons (Fsp3) is 0.344. The SMILES string of the molecule is Cc1cn(CCC(=O)NC2(C(=O)NCCNC(=O)Cc3cccc4ccccc34)CCNCC2)c2ccccc12. The van der Waals surface area contributed by atoms with Crippen molar-refractivity contribution in [1.82, 2.24) is 25.8 Å². The van der Waals surface area contributed by atoms with Crippen LogP contribution in [-0.4, -0.2) is 54.0 Å². The second-order valence-corrected chi connectivity index (χ2v) is 10.6. The molecule has 5 rings (SSSR count). The first-order valence-corrected chi connectivity index (χ1v) is 14.0. The second-order valence-electron chi connectivity index (χ2n) is 10.6. The number of para-hydroxylation sites is 1. The average Bonchev–Trinajstić information content (AvgIpc) is 3.30. The summed E-state index contributed by atoms with van der Waals surface area (Å²) in [6, 6.07) is 22.1. The molecule has 4 N–H and O–H groups in total. The monoisotopic (exact) mass is 539 g/mol. The minimum atomic E-state index is -0.954. The lowest BCUT2D eigenvalue weighted by molar-refractivity contribution is -0.135. The number of aromatic nitrogens is 1. The first-order chi connectivity index (χ1) is 19.4. The molecule has 0 radical (unpaired) electrons. The number of fused-ring (bicyclic) bond motifs is 2. The van der Waals surface area contributed by atoms with Gasteiger partial charge in [0.15, 0.2) is 0 Å². The summed E-state index contributed by atoms with van der Waals surface area (Å²) in [7, 11) is 0. The van der Waals surface area contributed by atoms with Gasteiger partial charge in [0.25, 0.3) is 0 Å². The smallest absolute Gasteiger partial charge is 0.245 e. The summed E-state index contributed by atoms with van der Waals surface area (Å²) in [5.74, 6) is -0.438. The molecular formula is C32H37N5O3. The topological polar surface area (TPSA) is 104 Å². The van der Waals surface area contributed by atoms with Crippen molar-refractivity contribution in [2.45, 2.75) is 44.7 Å². The van der Waals surface area contributed by atoms with Gasteiger partial charge in [-0.2, -0.15) is 0 Å². The van der Waals surface area contributed by atoms with E-state index in [9.17, 15) is 14.4 Å². The quantitative estimate of drug-likeness (QED) is 0.232. The van der Waals surface area contributed by atoms with E-state index in [2.05, 4.69) is 51.1 Å². The molecule has 2 heterocycles. The highest BCUT2D eigenvalue weighted by molar-refractivity contribution is 5.92. The molecule has 1 aromatic heterocycles. The van der Waals surface area contributed by atoms with E-state index in [1.807, 2.05) is 54.6 Å². The third-order valence-corrected chi connectivity index (χ3v) is 7.80. The van der Waals surface area contributed by atoms with E-state index in [-0.39, 0.29) is 30.6 Å². The van der Waals surface area contributed by atoms with Crippen molar-refractivity contribution in [3.05, 3.63) is 84.1 Å². The van der Waals surface area contributed by atoms with Gasteiger partial charge in [-0.1, -0.05) is 60.7 Å². The Morgan fingerprint density at radius 1 is 0.850 bits per heavy atom. The number of carbonyl (C=O) groups is 3. The number of carbonyl (C=O) groups excluding carboxylic acids is 3. The van der Waals surface area contributed by atoms with Crippen LogP contribution in [0.2, 0.25) is 0 Å². The number of benzene rings is 3. The van der Waals surface area contributed by atoms with Crippen molar-refractivity contribution in [1.29, 1.82) is 0 Å². The molecule has 0 unspecified atom stereocenters. The highest BCUT2D eigenvalue weighted by Crippen LogP contribution is 2.22. The zero-order valence-electron chi connectivity index (χ0n) is 23.0. The Labute approximate surface area is 234 Å². The van der Waals surface area contributed by atoms with Gasteiger partial charge in [0.2, 0.25) is 17.7 Å². The van der Waals surface area contributed by atoms with Crippen LogP contribution >= 0.6 is 0 Å². The maximum Gasteiger partial charge on any atom is 0.245 e. The van der Waals surface area contributed by atoms with Crippen LogP contribution in [0.25, 0.3) is 21.7 Å². The number of aryl methyl sites for hydroxylation is 2. The highest BCUT2D eigenvalue weighted by Gasteiger charge is 2.40. The van der Waals surface area contributed by atoms with Crippen molar-refractivity contribution in [2.24, 2.45) is 0 Å². The van der Waals surface area contributed by atoms with Crippen LogP contribution in [0.4, 0.5) is 0 Å². The van der Waals surface area contributed by atoms with Gasteiger partial charge in [-0.05, 0) is 60.8 Å². The molecule has 1 aliphatic rings. The molecule has 208 valence electrons. The van der Waals surface area contributed by atoms with E-state index in [1.165, 1.54) is 10.9 Å². The molecule has 3 aromatic carbocycles. The minimum absolute atomic E-state index is 0.0942. The third kappa shape index (κ3) is 6.18. The molecular weight excluding hydrogens is 502 g/mol. The number of hydrogen-bond acceptors (Lipinski definition) is 4. The maximum atomic E-state index is 13.3. The number of hydrogen-bond donors (Lipinski definition) is 4. The molecule has 0 spiro atoms. The Kier molecular flexibility index (Phi) is 8.45. The Morgan fingerprint density at radius 2 is 1.55 bits per heavy atom. The lowest BCUT2D eigenvalue weighted by Gasteiger charge is -2.37. The van der Waals surface area contributed by atoms with Gasteiger partial charge in [-0.25, -0.2) is 0 Å². The number of rotatable bonds is 10. The summed E-state index contributed by atoms with van der Waals surface area (Å²) >= 11 is 0. The van der Waals surface area contributed by atoms with Gasteiger partial charge in [0.05, 0.1) is 6.42 Å². The van der Waals surface area contributed by atoms with Crippen LogP contribution in [0.1, 0.15) is 30.4 Å². The lowest BCUT2D eigenvalue weighted by Crippen LogP contribution is -2.63. The summed E-state index contributed by atoms with van der Waals surface area (Å²) in [4.78, 5) is 39.0. The standard InChI is InChI=1S/C32H37N5O3/c1-23-22-37(28-12-5-4-10-26(23)28)20-13-29(38)36-32(14-16-33-17-15-32)31(40)35-19-18-34-30(39)21-25-9-6-8-24-7-2-3-11-27(24)25/h2-12,22,33H,13-21H2,1H3,(H,34,39)(H,35,40)(H,36,38). The molecule has 0 atom stereocenters. The fourth-order valence-corrected chi connectivity index (χ4v) is 5.66. The number of amides is 3. The van der Waals surface area contributed by atoms with Crippen molar-refractivity contribution < 1.29 is 14.4 Å². The first-order valence-electron chi connectivity index (χ1n) is 14.0. The van der Waals surface area contributed by atoms with E-state index in [0.29, 0.717) is 45.6 Å². The summed E-state index contributed by atoms with van der Waals surface area (Å²) < 4.78 is 2.10. The normalized spacial score (nSPS) is 14.6. The molecule has 0 saturated carbocycles. The van der Waals surface area contributed by atoms with Gasteiger partial charge in [-0.15, -0.1) is 0 Å². The zero-order chi connectivity index (χ0) is 28.0. The Morgan fingerprint density at radius 3 is 2.38 bits per heavy atom. The highest BCUT2D eigenvalue weighted by atomic mass is 16.2. The van der Waals surface area contributed by atoms with Crippen LogP contribution in [0.5, 0.6) is 0 Å². The Balaban J connectivity index is 1.12. The number of nitrogens with one attached hydrogen (secondary N) is 4. The largest absolute Gasteiger partial charge is 0.354 e. The van der Waals surface area contributed by atoms with E-state index in [0.717, 1.165) is 21.9 Å². The van der Waals surface area contributed by atoms with Crippen molar-refractivity contribution in [2.75, 3.05) is 26.2 Å². The van der Waals surface area contributed by atoms with Crippen molar-refractivity contribution in [3.8, 4) is 0 Å². The summed E-state index contributed by atoms with van der Waals surface area (Å²) in [5, 5.41) is 15.5. The van der Waals surface area contributed by atoms with Crippen LogP contribution in [0.3, 0.4) is 0 Å². The fourth-order valence-electron chi connectivity index (χ4n) is 5.66. The van der Waals surface area contributed by atoms with Crippen molar-refractivity contribution >= 4 is 39.4 Å². The molecule has 1 fully saturated rings. The Bertz CT molecular complexity index is 1510. The Hall–Kier alpha value is -4.17.